The summed E-state index contributed by atoms with van der Waals surface area (Å²) in [5.41, 5.74) is 2.68. The molecule has 16 heavy (non-hydrogen) atoms. The molecule has 84 valence electrons. The molecule has 0 aliphatic carbocycles. The van der Waals surface area contributed by atoms with E-state index in [1.165, 1.54) is 0 Å². The second kappa shape index (κ2) is 3.89. The Labute approximate surface area is 92.9 Å². The molecule has 4 heteroatoms. The van der Waals surface area contributed by atoms with Crippen LogP contribution >= 0.6 is 0 Å². The molecule has 0 radical (unpaired) electrons. The van der Waals surface area contributed by atoms with Gasteiger partial charge in [0.05, 0.1) is 19.0 Å². The van der Waals surface area contributed by atoms with E-state index >= 15 is 0 Å². The van der Waals surface area contributed by atoms with Crippen LogP contribution in [0.4, 0.5) is 0 Å². The predicted octanol–water partition coefficient (Wildman–Crippen LogP) is 2.11. The molecular weight excluding hydrogens is 206 g/mol. The molecule has 2 aromatic rings. The highest BCUT2D eigenvalue weighted by molar-refractivity contribution is 5.91. The summed E-state index contributed by atoms with van der Waals surface area (Å²) in [6.45, 7) is 1.96. The van der Waals surface area contributed by atoms with E-state index in [-0.39, 0.29) is 6.42 Å². The molecule has 4 nitrogen and oxygen atoms in total. The third kappa shape index (κ3) is 1.74. The lowest BCUT2D eigenvalue weighted by atomic mass is 10.1. The average Bonchev–Trinajstić information content (AvgIpc) is 2.59. The van der Waals surface area contributed by atoms with Gasteiger partial charge in [-0.1, -0.05) is 0 Å². The Morgan fingerprint density at radius 1 is 1.50 bits per heavy atom. The first-order valence-electron chi connectivity index (χ1n) is 4.98. The van der Waals surface area contributed by atoms with Crippen molar-refractivity contribution in [3.05, 3.63) is 29.5 Å². The zero-order chi connectivity index (χ0) is 11.7. The van der Waals surface area contributed by atoms with Gasteiger partial charge in [0.2, 0.25) is 0 Å². The molecule has 2 N–H and O–H groups in total. The number of fused-ring (bicyclic) bond motifs is 1. The number of aryl methyl sites for hydroxylation is 1. The number of carboxylic acid groups (broad SMARTS) is 1. The third-order valence-electron chi connectivity index (χ3n) is 2.54. The quantitative estimate of drug-likeness (QED) is 0.831. The molecule has 2 rings (SSSR count). The number of aromatic amines is 1. The van der Waals surface area contributed by atoms with Crippen LogP contribution in [0.5, 0.6) is 5.75 Å². The Kier molecular flexibility index (Phi) is 2.56. The van der Waals surface area contributed by atoms with Crippen LogP contribution in [-0.2, 0) is 11.2 Å². The summed E-state index contributed by atoms with van der Waals surface area (Å²) < 4.78 is 5.25. The molecule has 0 unspecified atom stereocenters. The second-order valence-electron chi connectivity index (χ2n) is 3.77. The van der Waals surface area contributed by atoms with Crippen LogP contribution in [-0.4, -0.2) is 23.2 Å². The van der Waals surface area contributed by atoms with Gasteiger partial charge < -0.3 is 14.8 Å². The number of ether oxygens (including phenoxy) is 1. The number of rotatable bonds is 3. The number of carboxylic acids is 1. The van der Waals surface area contributed by atoms with Crippen LogP contribution in [0.25, 0.3) is 10.9 Å². The summed E-state index contributed by atoms with van der Waals surface area (Å²) in [7, 11) is 1.60. The lowest BCUT2D eigenvalue weighted by Gasteiger charge is -2.04. The van der Waals surface area contributed by atoms with Crippen molar-refractivity contribution in [2.75, 3.05) is 7.11 Å². The minimum atomic E-state index is -0.832. The lowest BCUT2D eigenvalue weighted by molar-refractivity contribution is -0.136. The largest absolute Gasteiger partial charge is 0.495 e. The maximum atomic E-state index is 10.7. The number of benzene rings is 1. The molecule has 0 bridgehead atoms. The average molecular weight is 219 g/mol. The molecule has 0 spiro atoms. The fourth-order valence-electron chi connectivity index (χ4n) is 1.86. The third-order valence-corrected chi connectivity index (χ3v) is 2.54. The summed E-state index contributed by atoms with van der Waals surface area (Å²) in [5.74, 6) is -0.0898. The van der Waals surface area contributed by atoms with Gasteiger partial charge in [0.1, 0.15) is 5.75 Å². The van der Waals surface area contributed by atoms with E-state index in [0.717, 1.165) is 27.8 Å². The van der Waals surface area contributed by atoms with Crippen molar-refractivity contribution in [2.24, 2.45) is 0 Å². The van der Waals surface area contributed by atoms with Crippen LogP contribution in [0.1, 0.15) is 11.1 Å². The second-order valence-corrected chi connectivity index (χ2v) is 3.77. The minimum absolute atomic E-state index is 0.0204. The molecule has 1 aromatic carbocycles. The highest BCUT2D eigenvalue weighted by Gasteiger charge is 2.11. The van der Waals surface area contributed by atoms with Crippen LogP contribution in [0, 0.1) is 6.92 Å². The van der Waals surface area contributed by atoms with Gasteiger partial charge in [0, 0.05) is 11.6 Å². The molecule has 0 fully saturated rings. The van der Waals surface area contributed by atoms with Gasteiger partial charge in [0.15, 0.2) is 0 Å². The SMILES string of the molecule is COc1cc(C)cc2c(CC(=O)O)c[nH]c12. The predicted molar refractivity (Wildman–Crippen MR) is 60.9 cm³/mol. The van der Waals surface area contributed by atoms with Crippen molar-refractivity contribution >= 4 is 16.9 Å². The Bertz CT molecular complexity index is 542. The Hall–Kier alpha value is -1.97. The molecule has 0 saturated carbocycles. The van der Waals surface area contributed by atoms with Crippen LogP contribution in [0.15, 0.2) is 18.3 Å². The molecule has 0 amide bonds. The van der Waals surface area contributed by atoms with Crippen LogP contribution in [0.3, 0.4) is 0 Å². The van der Waals surface area contributed by atoms with E-state index in [1.807, 2.05) is 19.1 Å². The van der Waals surface area contributed by atoms with Crippen LogP contribution in [0.2, 0.25) is 0 Å². The van der Waals surface area contributed by atoms with Gasteiger partial charge >= 0.3 is 5.97 Å². The first-order valence-corrected chi connectivity index (χ1v) is 4.98. The number of carbonyl (C=O) groups is 1. The van der Waals surface area contributed by atoms with Gasteiger partial charge in [0.25, 0.3) is 0 Å². The smallest absolute Gasteiger partial charge is 0.307 e. The van der Waals surface area contributed by atoms with E-state index in [9.17, 15) is 4.79 Å². The fourth-order valence-corrected chi connectivity index (χ4v) is 1.86. The van der Waals surface area contributed by atoms with E-state index in [1.54, 1.807) is 13.3 Å². The van der Waals surface area contributed by atoms with Crippen LogP contribution < -0.4 is 4.74 Å². The summed E-state index contributed by atoms with van der Waals surface area (Å²) in [5, 5.41) is 9.71. The molecule has 0 aliphatic rings. The fraction of sp³-hybridized carbons (Fsp3) is 0.250. The van der Waals surface area contributed by atoms with Gasteiger partial charge in [-0.2, -0.15) is 0 Å². The van der Waals surface area contributed by atoms with E-state index in [4.69, 9.17) is 9.84 Å². The minimum Gasteiger partial charge on any atom is -0.495 e. The van der Waals surface area contributed by atoms with Crippen molar-refractivity contribution in [1.29, 1.82) is 0 Å². The number of hydrogen-bond donors (Lipinski definition) is 2. The number of hydrogen-bond acceptors (Lipinski definition) is 2. The Balaban J connectivity index is 2.62. The van der Waals surface area contributed by atoms with Crippen molar-refractivity contribution in [3.63, 3.8) is 0 Å². The van der Waals surface area contributed by atoms with Crippen molar-refractivity contribution in [2.45, 2.75) is 13.3 Å². The number of H-pyrrole nitrogens is 1. The highest BCUT2D eigenvalue weighted by Crippen LogP contribution is 2.29. The van der Waals surface area contributed by atoms with Crippen molar-refractivity contribution < 1.29 is 14.6 Å². The van der Waals surface area contributed by atoms with Gasteiger partial charge in [-0.3, -0.25) is 4.79 Å². The Morgan fingerprint density at radius 3 is 2.88 bits per heavy atom. The molecule has 0 aliphatic heterocycles. The van der Waals surface area contributed by atoms with E-state index in [2.05, 4.69) is 4.98 Å². The zero-order valence-corrected chi connectivity index (χ0v) is 9.20. The topological polar surface area (TPSA) is 62.3 Å². The summed E-state index contributed by atoms with van der Waals surface area (Å²) >= 11 is 0. The summed E-state index contributed by atoms with van der Waals surface area (Å²) in [6.07, 6.45) is 1.74. The number of aromatic nitrogens is 1. The molecule has 1 aromatic heterocycles. The summed E-state index contributed by atoms with van der Waals surface area (Å²) in [6, 6.07) is 3.88. The highest BCUT2D eigenvalue weighted by atomic mass is 16.5. The van der Waals surface area contributed by atoms with Crippen molar-refractivity contribution in [1.82, 2.24) is 4.98 Å². The standard InChI is InChI=1S/C12H13NO3/c1-7-3-9-8(5-11(14)15)6-13-12(9)10(4-7)16-2/h3-4,6,13H,5H2,1-2H3,(H,14,15). The van der Waals surface area contributed by atoms with Crippen molar-refractivity contribution in [3.8, 4) is 5.75 Å². The maximum absolute atomic E-state index is 10.7. The molecular formula is C12H13NO3. The normalized spacial score (nSPS) is 10.6. The zero-order valence-electron chi connectivity index (χ0n) is 9.20. The first-order chi connectivity index (χ1) is 7.61. The van der Waals surface area contributed by atoms with Gasteiger partial charge in [-0.15, -0.1) is 0 Å². The monoisotopic (exact) mass is 219 g/mol. The molecule has 1 heterocycles. The molecule has 0 atom stereocenters. The summed E-state index contributed by atoms with van der Waals surface area (Å²) in [4.78, 5) is 13.8. The first kappa shape index (κ1) is 10.5. The lowest BCUT2D eigenvalue weighted by Crippen LogP contribution is -1.98. The van der Waals surface area contributed by atoms with Gasteiger partial charge in [-0.05, 0) is 30.2 Å². The number of methoxy groups -OCH3 is 1. The molecule has 0 saturated heterocycles. The van der Waals surface area contributed by atoms with Gasteiger partial charge in [-0.25, -0.2) is 0 Å². The number of aliphatic carboxylic acids is 1. The number of nitrogens with one attached hydrogen (secondary N) is 1. The van der Waals surface area contributed by atoms with E-state index < -0.39 is 5.97 Å². The maximum Gasteiger partial charge on any atom is 0.307 e. The Morgan fingerprint density at radius 2 is 2.25 bits per heavy atom. The van der Waals surface area contributed by atoms with E-state index in [0.29, 0.717) is 0 Å².